The first-order valence-corrected chi connectivity index (χ1v) is 13.8. The van der Waals surface area contributed by atoms with Gasteiger partial charge in [-0.15, -0.1) is 0 Å². The molecule has 0 spiro atoms. The average molecular weight is 523 g/mol. The van der Waals surface area contributed by atoms with Crippen LogP contribution in [0, 0.1) is 11.8 Å². The van der Waals surface area contributed by atoms with E-state index in [4.69, 9.17) is 9.47 Å². The molecule has 8 heteroatoms. The second-order valence-electron chi connectivity index (χ2n) is 10.9. The fourth-order valence-electron chi connectivity index (χ4n) is 5.48. The SMILES string of the molecule is CO[C@@H]1CN(C)C(=O)c2cc(NC(=O)C3CCCCC3)ccc2OC[C@H](C)N(Cc2cccnc2)C[C@@H]1C. The van der Waals surface area contributed by atoms with E-state index in [2.05, 4.69) is 35.1 Å². The van der Waals surface area contributed by atoms with Crippen molar-refractivity contribution in [3.05, 3.63) is 53.9 Å². The number of hydrogen-bond donors (Lipinski definition) is 1. The van der Waals surface area contributed by atoms with Crippen molar-refractivity contribution < 1.29 is 19.1 Å². The van der Waals surface area contributed by atoms with E-state index in [1.54, 1.807) is 37.4 Å². The third-order valence-corrected chi connectivity index (χ3v) is 7.93. The molecule has 1 saturated carbocycles. The zero-order valence-corrected chi connectivity index (χ0v) is 23.2. The predicted octanol–water partition coefficient (Wildman–Crippen LogP) is 4.61. The Kier molecular flexibility index (Phi) is 9.74. The summed E-state index contributed by atoms with van der Waals surface area (Å²) in [6, 6.07) is 9.51. The molecule has 1 fully saturated rings. The molecule has 4 rings (SSSR count). The number of ether oxygens (including phenoxy) is 2. The van der Waals surface area contributed by atoms with Crippen LogP contribution in [0.15, 0.2) is 42.7 Å². The van der Waals surface area contributed by atoms with Crippen LogP contribution < -0.4 is 10.1 Å². The summed E-state index contributed by atoms with van der Waals surface area (Å²) in [7, 11) is 3.50. The fraction of sp³-hybridized carbons (Fsp3) is 0.567. The van der Waals surface area contributed by atoms with Gasteiger partial charge in [0.25, 0.3) is 5.91 Å². The van der Waals surface area contributed by atoms with Crippen molar-refractivity contribution in [3.63, 3.8) is 0 Å². The van der Waals surface area contributed by atoms with Gasteiger partial charge < -0.3 is 19.7 Å². The highest BCUT2D eigenvalue weighted by molar-refractivity contribution is 5.99. The molecule has 2 heterocycles. The summed E-state index contributed by atoms with van der Waals surface area (Å²) < 4.78 is 12.1. The summed E-state index contributed by atoms with van der Waals surface area (Å²) in [5.74, 6) is 0.619. The van der Waals surface area contributed by atoms with Gasteiger partial charge in [0, 0.05) is 63.8 Å². The first-order valence-electron chi connectivity index (χ1n) is 13.8. The second-order valence-corrected chi connectivity index (χ2v) is 10.9. The highest BCUT2D eigenvalue weighted by Crippen LogP contribution is 2.29. The van der Waals surface area contributed by atoms with E-state index >= 15 is 0 Å². The number of aromatic nitrogens is 1. The lowest BCUT2D eigenvalue weighted by atomic mass is 9.88. The maximum absolute atomic E-state index is 13.6. The molecule has 2 amide bonds. The number of carbonyl (C=O) groups excluding carboxylic acids is 2. The van der Waals surface area contributed by atoms with Crippen molar-refractivity contribution in [2.75, 3.05) is 39.2 Å². The van der Waals surface area contributed by atoms with Crippen molar-refractivity contribution in [1.29, 1.82) is 0 Å². The number of methoxy groups -OCH3 is 1. The van der Waals surface area contributed by atoms with Gasteiger partial charge in [0.05, 0.1) is 11.7 Å². The smallest absolute Gasteiger partial charge is 0.257 e. The highest BCUT2D eigenvalue weighted by Gasteiger charge is 2.29. The molecule has 1 aromatic heterocycles. The normalized spacial score (nSPS) is 24.1. The monoisotopic (exact) mass is 522 g/mol. The van der Waals surface area contributed by atoms with Gasteiger partial charge >= 0.3 is 0 Å². The summed E-state index contributed by atoms with van der Waals surface area (Å²) in [6.07, 6.45) is 8.77. The lowest BCUT2D eigenvalue weighted by Gasteiger charge is -2.36. The molecule has 0 bridgehead atoms. The van der Waals surface area contributed by atoms with E-state index in [0.29, 0.717) is 30.2 Å². The fourth-order valence-corrected chi connectivity index (χ4v) is 5.48. The lowest BCUT2D eigenvalue weighted by Crippen LogP contribution is -2.46. The van der Waals surface area contributed by atoms with E-state index in [-0.39, 0.29) is 35.8 Å². The van der Waals surface area contributed by atoms with Gasteiger partial charge in [0.1, 0.15) is 12.4 Å². The van der Waals surface area contributed by atoms with Gasteiger partial charge in [-0.05, 0) is 55.5 Å². The van der Waals surface area contributed by atoms with Crippen molar-refractivity contribution >= 4 is 17.5 Å². The van der Waals surface area contributed by atoms with Crippen LogP contribution in [0.25, 0.3) is 0 Å². The molecular formula is C30H42N4O4. The number of benzene rings is 1. The minimum atomic E-state index is -0.150. The van der Waals surface area contributed by atoms with Crippen LogP contribution in [-0.2, 0) is 16.1 Å². The topological polar surface area (TPSA) is 84.0 Å². The summed E-state index contributed by atoms with van der Waals surface area (Å²) in [5.41, 5.74) is 2.21. The molecule has 3 atom stereocenters. The van der Waals surface area contributed by atoms with Gasteiger partial charge in [-0.1, -0.05) is 32.3 Å². The molecule has 0 radical (unpaired) electrons. The molecule has 1 aromatic carbocycles. The number of likely N-dealkylation sites (N-methyl/N-ethyl adjacent to an activating group) is 1. The third-order valence-electron chi connectivity index (χ3n) is 7.93. The lowest BCUT2D eigenvalue weighted by molar-refractivity contribution is -0.120. The zero-order valence-electron chi connectivity index (χ0n) is 23.2. The summed E-state index contributed by atoms with van der Waals surface area (Å²) in [5, 5.41) is 3.05. The van der Waals surface area contributed by atoms with Crippen LogP contribution in [0.4, 0.5) is 5.69 Å². The number of amides is 2. The molecular weight excluding hydrogens is 480 g/mol. The van der Waals surface area contributed by atoms with E-state index in [1.165, 1.54) is 6.42 Å². The Morgan fingerprint density at radius 2 is 1.95 bits per heavy atom. The van der Waals surface area contributed by atoms with Gasteiger partial charge in [0.15, 0.2) is 0 Å². The van der Waals surface area contributed by atoms with E-state index in [0.717, 1.165) is 44.3 Å². The second kappa shape index (κ2) is 13.2. The molecule has 1 aliphatic heterocycles. The Morgan fingerprint density at radius 1 is 1.16 bits per heavy atom. The maximum Gasteiger partial charge on any atom is 0.257 e. The molecule has 0 unspecified atom stereocenters. The third kappa shape index (κ3) is 7.11. The van der Waals surface area contributed by atoms with Crippen LogP contribution in [-0.4, -0.2) is 72.6 Å². The Hall–Kier alpha value is -2.97. The first-order chi connectivity index (χ1) is 18.4. The van der Waals surface area contributed by atoms with Crippen molar-refractivity contribution in [1.82, 2.24) is 14.8 Å². The highest BCUT2D eigenvalue weighted by atomic mass is 16.5. The summed E-state index contributed by atoms with van der Waals surface area (Å²) in [6.45, 7) is 6.70. The number of rotatable bonds is 5. The molecule has 2 aliphatic rings. The van der Waals surface area contributed by atoms with Crippen molar-refractivity contribution in [2.45, 2.75) is 64.6 Å². The molecule has 8 nitrogen and oxygen atoms in total. The summed E-state index contributed by atoms with van der Waals surface area (Å²) in [4.78, 5) is 34.8. The van der Waals surface area contributed by atoms with Crippen LogP contribution >= 0.6 is 0 Å². The predicted molar refractivity (Wildman–Crippen MR) is 148 cm³/mol. The van der Waals surface area contributed by atoms with E-state index in [9.17, 15) is 9.59 Å². The van der Waals surface area contributed by atoms with E-state index in [1.807, 2.05) is 18.3 Å². The zero-order chi connectivity index (χ0) is 27.1. The number of nitrogens with one attached hydrogen (secondary N) is 1. The number of pyridine rings is 1. The van der Waals surface area contributed by atoms with Gasteiger partial charge in [-0.3, -0.25) is 19.5 Å². The average Bonchev–Trinajstić information content (AvgIpc) is 2.94. The summed E-state index contributed by atoms with van der Waals surface area (Å²) >= 11 is 0. The van der Waals surface area contributed by atoms with Crippen molar-refractivity contribution in [2.24, 2.45) is 11.8 Å². The quantitative estimate of drug-likeness (QED) is 0.618. The molecule has 2 aromatic rings. The standard InChI is InChI=1S/C30H42N4O4/c1-21-17-34(18-23-9-8-14-31-16-23)22(2)20-38-27-13-12-25(32-29(35)24-10-6-5-7-11-24)15-26(27)30(36)33(3)19-28(21)37-4/h8-9,12-16,21-22,24,28H,5-7,10-11,17-20H2,1-4H3,(H,32,35)/t21-,22-,28+/m0/s1. The van der Waals surface area contributed by atoms with Gasteiger partial charge in [-0.2, -0.15) is 0 Å². The minimum Gasteiger partial charge on any atom is -0.491 e. The largest absolute Gasteiger partial charge is 0.491 e. The van der Waals surface area contributed by atoms with Crippen LogP contribution in [0.1, 0.15) is 61.9 Å². The Morgan fingerprint density at radius 3 is 2.66 bits per heavy atom. The number of fused-ring (bicyclic) bond motifs is 1. The van der Waals surface area contributed by atoms with Gasteiger partial charge in [-0.25, -0.2) is 0 Å². The van der Waals surface area contributed by atoms with E-state index < -0.39 is 0 Å². The molecule has 206 valence electrons. The minimum absolute atomic E-state index is 0.0347. The molecule has 0 saturated heterocycles. The number of hydrogen-bond acceptors (Lipinski definition) is 6. The van der Waals surface area contributed by atoms with Crippen LogP contribution in [0.5, 0.6) is 5.75 Å². The van der Waals surface area contributed by atoms with Crippen LogP contribution in [0.3, 0.4) is 0 Å². The maximum atomic E-state index is 13.6. The number of nitrogens with zero attached hydrogens (tertiary/aromatic N) is 3. The Balaban J connectivity index is 1.59. The number of carbonyl (C=O) groups is 2. The Labute approximate surface area is 226 Å². The Bertz CT molecular complexity index is 1070. The molecule has 1 aliphatic carbocycles. The molecule has 1 N–H and O–H groups in total. The van der Waals surface area contributed by atoms with Crippen molar-refractivity contribution in [3.8, 4) is 5.75 Å². The number of anilines is 1. The molecule has 38 heavy (non-hydrogen) atoms. The van der Waals surface area contributed by atoms with Crippen LogP contribution in [0.2, 0.25) is 0 Å². The first kappa shape index (κ1) is 28.0. The van der Waals surface area contributed by atoms with Gasteiger partial charge in [0.2, 0.25) is 5.91 Å².